The van der Waals surface area contributed by atoms with Crippen LogP contribution in [0.5, 0.6) is 0 Å². The number of hydrogen-bond donors (Lipinski definition) is 0. The van der Waals surface area contributed by atoms with E-state index in [0.29, 0.717) is 11.6 Å². The number of rotatable bonds is 5. The number of hydrogen-bond acceptors (Lipinski definition) is 1. The first-order valence-electron chi connectivity index (χ1n) is 6.64. The second kappa shape index (κ2) is 6.54. The molecule has 0 saturated heterocycles. The third-order valence-corrected chi connectivity index (χ3v) is 3.61. The maximum Gasteiger partial charge on any atom is 0.187 e. The van der Waals surface area contributed by atoms with Gasteiger partial charge in [0.15, 0.2) is 5.69 Å². The number of fused-ring (bicyclic) bond motifs is 1. The monoisotopic (exact) mass is 272 g/mol. The Balaban J connectivity index is 2.47. The number of halogens is 1. The molecule has 0 atom stereocenters. The molecule has 0 N–H and O–H groups in total. The fourth-order valence-electron chi connectivity index (χ4n) is 2.33. The average Bonchev–Trinajstić information content (AvgIpc) is 2.46. The largest absolute Gasteiger partial charge is 0.259 e. The summed E-state index contributed by atoms with van der Waals surface area (Å²) < 4.78 is 0. The number of unbranched alkanes of at least 4 members (excludes halogenated alkanes) is 2. The predicted molar refractivity (Wildman–Crippen MR) is 80.8 cm³/mol. The van der Waals surface area contributed by atoms with E-state index >= 15 is 0 Å². The van der Waals surface area contributed by atoms with Crippen LogP contribution in [0, 0.1) is 6.57 Å². The highest BCUT2D eigenvalue weighted by Crippen LogP contribution is 2.27. The van der Waals surface area contributed by atoms with Crippen molar-refractivity contribution in [2.45, 2.75) is 38.5 Å². The fraction of sp³-hybridized carbons (Fsp3) is 0.375. The van der Waals surface area contributed by atoms with Crippen molar-refractivity contribution >= 4 is 28.1 Å². The molecule has 0 radical (unpaired) electrons. The van der Waals surface area contributed by atoms with Gasteiger partial charge in [-0.25, -0.2) is 4.85 Å². The first kappa shape index (κ1) is 13.8. The Morgan fingerprint density at radius 2 is 2.16 bits per heavy atom. The van der Waals surface area contributed by atoms with Crippen LogP contribution in [0.25, 0.3) is 15.6 Å². The van der Waals surface area contributed by atoms with E-state index in [-0.39, 0.29) is 0 Å². The van der Waals surface area contributed by atoms with Gasteiger partial charge < -0.3 is 0 Å². The zero-order valence-corrected chi connectivity index (χ0v) is 11.9. The first-order chi connectivity index (χ1) is 9.30. The molecule has 3 heteroatoms. The third-order valence-electron chi connectivity index (χ3n) is 3.35. The van der Waals surface area contributed by atoms with Crippen molar-refractivity contribution in [3.8, 4) is 0 Å². The third kappa shape index (κ3) is 3.05. The lowest BCUT2D eigenvalue weighted by Gasteiger charge is -2.10. The van der Waals surface area contributed by atoms with Gasteiger partial charge in [0.2, 0.25) is 0 Å². The highest BCUT2D eigenvalue weighted by Gasteiger charge is 2.09. The molecule has 0 fully saturated rings. The summed E-state index contributed by atoms with van der Waals surface area (Å²) in [6.07, 6.45) is 6.42. The summed E-state index contributed by atoms with van der Waals surface area (Å²) in [4.78, 5) is 7.91. The van der Waals surface area contributed by atoms with Gasteiger partial charge in [0.1, 0.15) is 0 Å². The topological polar surface area (TPSA) is 17.2 Å². The van der Waals surface area contributed by atoms with Crippen LogP contribution < -0.4 is 0 Å². The van der Waals surface area contributed by atoms with Crippen molar-refractivity contribution < 1.29 is 0 Å². The molecule has 0 aliphatic carbocycles. The van der Waals surface area contributed by atoms with Gasteiger partial charge in [-0.15, -0.1) is 11.6 Å². The molecule has 0 saturated carbocycles. The maximum atomic E-state index is 7.07. The molecule has 2 rings (SSSR count). The smallest absolute Gasteiger partial charge is 0.187 e. The number of alkyl halides is 1. The van der Waals surface area contributed by atoms with Gasteiger partial charge in [0.25, 0.3) is 0 Å². The summed E-state index contributed by atoms with van der Waals surface area (Å²) in [6, 6.07) is 5.80. The van der Waals surface area contributed by atoms with E-state index in [9.17, 15) is 0 Å². The first-order valence-corrected chi connectivity index (χ1v) is 7.17. The molecule has 19 heavy (non-hydrogen) atoms. The standard InChI is InChI=1S/C16H17ClN2/c1-3-4-5-6-15-14-8-7-13(18-2)9-12(14)11-19-16(15)10-17/h7-9,11H,3-6,10H2,1H3. The van der Waals surface area contributed by atoms with E-state index in [1.807, 2.05) is 24.4 Å². The van der Waals surface area contributed by atoms with Crippen molar-refractivity contribution in [1.29, 1.82) is 0 Å². The van der Waals surface area contributed by atoms with E-state index in [4.69, 9.17) is 18.2 Å². The normalized spacial score (nSPS) is 10.6. The summed E-state index contributed by atoms with van der Waals surface area (Å²) in [5.41, 5.74) is 2.88. The molecular formula is C16H17ClN2. The van der Waals surface area contributed by atoms with E-state index in [0.717, 1.165) is 23.9 Å². The van der Waals surface area contributed by atoms with Gasteiger partial charge in [0, 0.05) is 6.20 Å². The molecule has 1 aromatic carbocycles. The fourth-order valence-corrected chi connectivity index (χ4v) is 2.56. The molecule has 0 amide bonds. The van der Waals surface area contributed by atoms with Crippen LogP contribution in [-0.4, -0.2) is 4.98 Å². The minimum absolute atomic E-state index is 0.446. The van der Waals surface area contributed by atoms with E-state index in [1.54, 1.807) is 0 Å². The summed E-state index contributed by atoms with van der Waals surface area (Å²) in [5.74, 6) is 0.446. The van der Waals surface area contributed by atoms with Crippen LogP contribution in [0.3, 0.4) is 0 Å². The lowest BCUT2D eigenvalue weighted by molar-refractivity contribution is 0.715. The van der Waals surface area contributed by atoms with Gasteiger partial charge in [-0.1, -0.05) is 31.9 Å². The molecule has 98 valence electrons. The van der Waals surface area contributed by atoms with Gasteiger partial charge in [-0.05, 0) is 35.2 Å². The molecule has 0 spiro atoms. The van der Waals surface area contributed by atoms with E-state index in [1.165, 1.54) is 23.8 Å². The number of aromatic nitrogens is 1. The summed E-state index contributed by atoms with van der Waals surface area (Å²) >= 11 is 5.99. The van der Waals surface area contributed by atoms with Crippen LogP contribution in [0.2, 0.25) is 0 Å². The average molecular weight is 273 g/mol. The van der Waals surface area contributed by atoms with Crippen LogP contribution >= 0.6 is 11.6 Å². The molecule has 0 aliphatic rings. The number of benzene rings is 1. The predicted octanol–water partition coefficient (Wildman–Crippen LogP) is 5.26. The summed E-state index contributed by atoms with van der Waals surface area (Å²) in [7, 11) is 0. The highest BCUT2D eigenvalue weighted by atomic mass is 35.5. The quantitative estimate of drug-likeness (QED) is 0.412. The Hall–Kier alpha value is -1.59. The van der Waals surface area contributed by atoms with Crippen molar-refractivity contribution in [1.82, 2.24) is 4.98 Å². The number of nitrogens with zero attached hydrogens (tertiary/aromatic N) is 2. The van der Waals surface area contributed by atoms with E-state index < -0.39 is 0 Å². The van der Waals surface area contributed by atoms with Gasteiger partial charge in [-0.3, -0.25) is 4.98 Å². The van der Waals surface area contributed by atoms with Crippen molar-refractivity contribution in [2.24, 2.45) is 0 Å². The lowest BCUT2D eigenvalue weighted by Crippen LogP contribution is -1.97. The molecule has 2 aromatic rings. The lowest BCUT2D eigenvalue weighted by atomic mass is 9.99. The minimum Gasteiger partial charge on any atom is -0.259 e. The second-order valence-corrected chi connectivity index (χ2v) is 4.92. The molecule has 0 bridgehead atoms. The molecule has 1 aromatic heterocycles. The van der Waals surface area contributed by atoms with Crippen LogP contribution in [0.4, 0.5) is 5.69 Å². The number of aryl methyl sites for hydroxylation is 1. The summed E-state index contributed by atoms with van der Waals surface area (Å²) in [6.45, 7) is 9.27. The van der Waals surface area contributed by atoms with E-state index in [2.05, 4.69) is 16.8 Å². The Labute approximate surface area is 119 Å². The molecule has 0 unspecified atom stereocenters. The van der Waals surface area contributed by atoms with Crippen LogP contribution in [-0.2, 0) is 12.3 Å². The molecular weight excluding hydrogens is 256 g/mol. The minimum atomic E-state index is 0.446. The maximum absolute atomic E-state index is 7.07. The Bertz CT molecular complexity index is 614. The van der Waals surface area contributed by atoms with Gasteiger partial charge >= 0.3 is 0 Å². The molecule has 1 heterocycles. The van der Waals surface area contributed by atoms with Crippen molar-refractivity contribution in [3.05, 3.63) is 47.1 Å². The van der Waals surface area contributed by atoms with Crippen molar-refractivity contribution in [3.63, 3.8) is 0 Å². The van der Waals surface area contributed by atoms with Gasteiger partial charge in [-0.2, -0.15) is 0 Å². The van der Waals surface area contributed by atoms with Crippen LogP contribution in [0.15, 0.2) is 24.4 Å². The van der Waals surface area contributed by atoms with Crippen molar-refractivity contribution in [2.75, 3.05) is 0 Å². The zero-order valence-electron chi connectivity index (χ0n) is 11.1. The Morgan fingerprint density at radius 1 is 1.32 bits per heavy atom. The highest BCUT2D eigenvalue weighted by molar-refractivity contribution is 6.17. The SMILES string of the molecule is [C-]#[N+]c1ccc2c(CCCCC)c(CCl)ncc2c1. The Kier molecular flexibility index (Phi) is 4.76. The zero-order chi connectivity index (χ0) is 13.7. The summed E-state index contributed by atoms with van der Waals surface area (Å²) in [5, 5.41) is 2.23. The van der Waals surface area contributed by atoms with Gasteiger partial charge in [0.05, 0.1) is 18.1 Å². The number of pyridine rings is 1. The molecule has 2 nitrogen and oxygen atoms in total. The van der Waals surface area contributed by atoms with Crippen LogP contribution in [0.1, 0.15) is 37.4 Å². The molecule has 0 aliphatic heterocycles. The Morgan fingerprint density at radius 3 is 2.84 bits per heavy atom. The second-order valence-electron chi connectivity index (χ2n) is 4.66.